The Hall–Kier alpha value is -1.88. The number of amides is 1. The lowest BCUT2D eigenvalue weighted by Gasteiger charge is -2.32. The van der Waals surface area contributed by atoms with Gasteiger partial charge in [0.05, 0.1) is 5.92 Å². The SMILES string of the molecule is CCN(CC(C)C(=O)O)C(=O)C(C)(N)c1ccccc1. The van der Waals surface area contributed by atoms with Gasteiger partial charge in [0.25, 0.3) is 0 Å². The molecule has 20 heavy (non-hydrogen) atoms. The summed E-state index contributed by atoms with van der Waals surface area (Å²) < 4.78 is 0. The van der Waals surface area contributed by atoms with Crippen molar-refractivity contribution < 1.29 is 14.7 Å². The summed E-state index contributed by atoms with van der Waals surface area (Å²) >= 11 is 0. The smallest absolute Gasteiger partial charge is 0.308 e. The number of hydrogen-bond acceptors (Lipinski definition) is 3. The first-order chi connectivity index (χ1) is 9.30. The maximum Gasteiger partial charge on any atom is 0.308 e. The molecular formula is C15H22N2O3. The normalized spacial score (nSPS) is 15.2. The number of aliphatic carboxylic acids is 1. The Balaban J connectivity index is 2.93. The molecule has 110 valence electrons. The highest BCUT2D eigenvalue weighted by Crippen LogP contribution is 2.20. The molecule has 0 aliphatic heterocycles. The third kappa shape index (κ3) is 3.57. The first-order valence-corrected chi connectivity index (χ1v) is 6.67. The number of nitrogens with zero attached hydrogens (tertiary/aromatic N) is 1. The second-order valence-electron chi connectivity index (χ2n) is 5.15. The standard InChI is InChI=1S/C15H22N2O3/c1-4-17(10-11(2)13(18)19)14(20)15(3,16)12-8-6-5-7-9-12/h5-9,11H,4,10,16H2,1-3H3,(H,18,19). The number of carboxylic acid groups (broad SMARTS) is 1. The van der Waals surface area contributed by atoms with Crippen LogP contribution < -0.4 is 5.73 Å². The summed E-state index contributed by atoms with van der Waals surface area (Å²) in [6.07, 6.45) is 0. The van der Waals surface area contributed by atoms with Gasteiger partial charge in [-0.2, -0.15) is 0 Å². The number of hydrogen-bond donors (Lipinski definition) is 2. The van der Waals surface area contributed by atoms with Gasteiger partial charge in [-0.15, -0.1) is 0 Å². The number of benzene rings is 1. The number of carbonyl (C=O) groups is 2. The Bertz CT molecular complexity index is 471. The largest absolute Gasteiger partial charge is 0.481 e. The summed E-state index contributed by atoms with van der Waals surface area (Å²) in [5.41, 5.74) is 5.73. The lowest BCUT2D eigenvalue weighted by Crippen LogP contribution is -2.52. The molecule has 0 bridgehead atoms. The summed E-state index contributed by atoms with van der Waals surface area (Å²) in [5.74, 6) is -1.81. The molecule has 0 spiro atoms. The van der Waals surface area contributed by atoms with Crippen LogP contribution in [0.2, 0.25) is 0 Å². The van der Waals surface area contributed by atoms with Gasteiger partial charge in [-0.1, -0.05) is 37.3 Å². The van der Waals surface area contributed by atoms with Crippen molar-refractivity contribution in [2.45, 2.75) is 26.3 Å². The number of likely N-dealkylation sites (N-methyl/N-ethyl adjacent to an activating group) is 1. The van der Waals surface area contributed by atoms with Crippen LogP contribution in [0.3, 0.4) is 0 Å². The van der Waals surface area contributed by atoms with Crippen LogP contribution in [0.5, 0.6) is 0 Å². The van der Waals surface area contributed by atoms with Gasteiger partial charge in [0, 0.05) is 13.1 Å². The van der Waals surface area contributed by atoms with Crippen LogP contribution in [0.15, 0.2) is 30.3 Å². The Morgan fingerprint density at radius 3 is 2.35 bits per heavy atom. The first-order valence-electron chi connectivity index (χ1n) is 6.67. The molecule has 2 unspecified atom stereocenters. The Morgan fingerprint density at radius 1 is 1.35 bits per heavy atom. The van der Waals surface area contributed by atoms with E-state index in [1.54, 1.807) is 26.0 Å². The van der Waals surface area contributed by atoms with Crippen LogP contribution in [-0.2, 0) is 15.1 Å². The van der Waals surface area contributed by atoms with E-state index in [0.29, 0.717) is 12.1 Å². The van der Waals surface area contributed by atoms with E-state index in [1.807, 2.05) is 25.1 Å². The van der Waals surface area contributed by atoms with Crippen LogP contribution >= 0.6 is 0 Å². The van der Waals surface area contributed by atoms with Crippen molar-refractivity contribution in [2.24, 2.45) is 11.7 Å². The molecule has 0 aliphatic carbocycles. The van der Waals surface area contributed by atoms with E-state index in [0.717, 1.165) is 0 Å². The molecule has 0 saturated heterocycles. The molecule has 5 nitrogen and oxygen atoms in total. The Morgan fingerprint density at radius 2 is 1.90 bits per heavy atom. The zero-order chi connectivity index (χ0) is 15.3. The van der Waals surface area contributed by atoms with Gasteiger partial charge in [-0.3, -0.25) is 9.59 Å². The highest BCUT2D eigenvalue weighted by atomic mass is 16.4. The molecule has 5 heteroatoms. The molecule has 0 fully saturated rings. The van der Waals surface area contributed by atoms with E-state index in [1.165, 1.54) is 4.90 Å². The van der Waals surface area contributed by atoms with E-state index in [9.17, 15) is 9.59 Å². The summed E-state index contributed by atoms with van der Waals surface area (Å²) in [4.78, 5) is 25.0. The number of carboxylic acids is 1. The highest BCUT2D eigenvalue weighted by Gasteiger charge is 2.34. The van der Waals surface area contributed by atoms with Crippen molar-refractivity contribution in [1.82, 2.24) is 4.90 Å². The molecule has 0 saturated carbocycles. The second kappa shape index (κ2) is 6.52. The zero-order valence-electron chi connectivity index (χ0n) is 12.2. The van der Waals surface area contributed by atoms with E-state index < -0.39 is 17.4 Å². The van der Waals surface area contributed by atoms with Crippen LogP contribution in [0.25, 0.3) is 0 Å². The first kappa shape index (κ1) is 16.2. The number of carbonyl (C=O) groups excluding carboxylic acids is 1. The molecule has 0 heterocycles. The minimum atomic E-state index is -1.16. The predicted molar refractivity (Wildman–Crippen MR) is 77.0 cm³/mol. The predicted octanol–water partition coefficient (Wildman–Crippen LogP) is 1.43. The van der Waals surface area contributed by atoms with Crippen molar-refractivity contribution in [3.8, 4) is 0 Å². The van der Waals surface area contributed by atoms with Crippen molar-refractivity contribution in [2.75, 3.05) is 13.1 Å². The summed E-state index contributed by atoms with van der Waals surface area (Å²) in [6.45, 7) is 5.63. The number of rotatable bonds is 6. The molecule has 1 aromatic rings. The van der Waals surface area contributed by atoms with Gasteiger partial charge in [0.2, 0.25) is 5.91 Å². The lowest BCUT2D eigenvalue weighted by molar-refractivity contribution is -0.144. The summed E-state index contributed by atoms with van der Waals surface area (Å²) in [7, 11) is 0. The maximum absolute atomic E-state index is 12.6. The molecule has 0 radical (unpaired) electrons. The fourth-order valence-electron chi connectivity index (χ4n) is 2.00. The fraction of sp³-hybridized carbons (Fsp3) is 0.467. The molecular weight excluding hydrogens is 256 g/mol. The van der Waals surface area contributed by atoms with E-state index in [-0.39, 0.29) is 12.5 Å². The van der Waals surface area contributed by atoms with Crippen LogP contribution in [0.4, 0.5) is 0 Å². The second-order valence-corrected chi connectivity index (χ2v) is 5.15. The van der Waals surface area contributed by atoms with Gasteiger partial charge in [-0.05, 0) is 19.4 Å². The molecule has 0 aromatic heterocycles. The molecule has 1 amide bonds. The molecule has 2 atom stereocenters. The van der Waals surface area contributed by atoms with Crippen molar-refractivity contribution >= 4 is 11.9 Å². The highest BCUT2D eigenvalue weighted by molar-refractivity contribution is 5.87. The fourth-order valence-corrected chi connectivity index (χ4v) is 2.00. The average Bonchev–Trinajstić information content (AvgIpc) is 2.44. The van der Waals surface area contributed by atoms with Gasteiger partial charge < -0.3 is 15.7 Å². The van der Waals surface area contributed by atoms with Gasteiger partial charge in [-0.25, -0.2) is 0 Å². The molecule has 3 N–H and O–H groups in total. The van der Waals surface area contributed by atoms with Crippen LogP contribution in [-0.4, -0.2) is 35.0 Å². The van der Waals surface area contributed by atoms with Crippen molar-refractivity contribution in [3.63, 3.8) is 0 Å². The van der Waals surface area contributed by atoms with E-state index in [4.69, 9.17) is 10.8 Å². The zero-order valence-corrected chi connectivity index (χ0v) is 12.2. The lowest BCUT2D eigenvalue weighted by atomic mass is 9.91. The van der Waals surface area contributed by atoms with Crippen molar-refractivity contribution in [3.05, 3.63) is 35.9 Å². The summed E-state index contributed by atoms with van der Waals surface area (Å²) in [6, 6.07) is 9.10. The third-order valence-electron chi connectivity index (χ3n) is 3.40. The maximum atomic E-state index is 12.6. The minimum Gasteiger partial charge on any atom is -0.481 e. The number of nitrogens with two attached hydrogens (primary N) is 1. The monoisotopic (exact) mass is 278 g/mol. The van der Waals surface area contributed by atoms with Gasteiger partial charge in [0.15, 0.2) is 0 Å². The Kier molecular flexibility index (Phi) is 5.27. The van der Waals surface area contributed by atoms with Gasteiger partial charge in [0.1, 0.15) is 5.54 Å². The van der Waals surface area contributed by atoms with Crippen LogP contribution in [0.1, 0.15) is 26.3 Å². The quantitative estimate of drug-likeness (QED) is 0.824. The van der Waals surface area contributed by atoms with E-state index >= 15 is 0 Å². The van der Waals surface area contributed by atoms with Gasteiger partial charge >= 0.3 is 5.97 Å². The van der Waals surface area contributed by atoms with Crippen molar-refractivity contribution in [1.29, 1.82) is 0 Å². The van der Waals surface area contributed by atoms with Crippen LogP contribution in [0, 0.1) is 5.92 Å². The van der Waals surface area contributed by atoms with E-state index in [2.05, 4.69) is 0 Å². The molecule has 1 aromatic carbocycles. The summed E-state index contributed by atoms with van der Waals surface area (Å²) in [5, 5.41) is 8.96. The molecule has 0 aliphatic rings. The third-order valence-corrected chi connectivity index (χ3v) is 3.40. The minimum absolute atomic E-state index is 0.157. The topological polar surface area (TPSA) is 83.6 Å². The molecule has 1 rings (SSSR count). The average molecular weight is 278 g/mol. The Labute approximate surface area is 119 Å².